The standard InChI is InChI=1S/C56H29FN4O2/c57-52-53(60-44-25-23-40-38-15-7-9-17-48(38)62-55(40)50(44)42-21-19-34(28-46(42)60)32-11-3-1-4-12-32)36(30-58)27-37(31-59)54(52)61-45-26-24-41-39-16-8-10-18-49(39)63-56(41)51(45)43-22-20-35(29-47(43)61)33-13-5-2-6-14-33/h1-29H. The lowest BCUT2D eigenvalue weighted by Crippen LogP contribution is -2.09. The highest BCUT2D eigenvalue weighted by atomic mass is 19.1. The fourth-order valence-corrected chi connectivity index (χ4v) is 9.91. The average Bonchev–Trinajstić information content (AvgIpc) is 4.09. The minimum absolute atomic E-state index is 0.0202. The quantitative estimate of drug-likeness (QED) is 0.177. The van der Waals surface area contributed by atoms with E-state index in [-0.39, 0.29) is 22.5 Å². The van der Waals surface area contributed by atoms with Crippen LogP contribution in [0, 0.1) is 28.5 Å². The molecule has 0 spiro atoms. The summed E-state index contributed by atoms with van der Waals surface area (Å²) in [7, 11) is 0. The highest BCUT2D eigenvalue weighted by molar-refractivity contribution is 6.25. The molecule has 4 heterocycles. The van der Waals surface area contributed by atoms with Crippen LogP contribution in [0.5, 0.6) is 0 Å². The maximum atomic E-state index is 18.8. The molecule has 0 N–H and O–H groups in total. The van der Waals surface area contributed by atoms with Crippen molar-refractivity contribution >= 4 is 87.5 Å². The van der Waals surface area contributed by atoms with Gasteiger partial charge in [-0.2, -0.15) is 10.5 Å². The van der Waals surface area contributed by atoms with Gasteiger partial charge in [0.25, 0.3) is 0 Å². The number of rotatable bonds is 4. The minimum Gasteiger partial charge on any atom is -0.455 e. The van der Waals surface area contributed by atoms with Gasteiger partial charge in [-0.25, -0.2) is 4.39 Å². The first kappa shape index (κ1) is 34.9. The Hall–Kier alpha value is -8.91. The molecule has 4 aromatic heterocycles. The van der Waals surface area contributed by atoms with Crippen LogP contribution in [-0.2, 0) is 0 Å². The van der Waals surface area contributed by atoms with Gasteiger partial charge in [0.2, 0.25) is 0 Å². The van der Waals surface area contributed by atoms with Crippen molar-refractivity contribution in [2.45, 2.75) is 0 Å². The third-order valence-corrected chi connectivity index (χ3v) is 12.7. The predicted octanol–water partition coefficient (Wildman–Crippen LogP) is 14.9. The monoisotopic (exact) mass is 808 g/mol. The molecule has 0 radical (unpaired) electrons. The van der Waals surface area contributed by atoms with E-state index in [9.17, 15) is 10.5 Å². The number of para-hydroxylation sites is 2. The molecule has 292 valence electrons. The van der Waals surface area contributed by atoms with Crippen molar-refractivity contribution in [1.29, 1.82) is 10.5 Å². The van der Waals surface area contributed by atoms with Gasteiger partial charge in [-0.05, 0) is 76.9 Å². The molecule has 7 heteroatoms. The van der Waals surface area contributed by atoms with Gasteiger partial charge in [-0.3, -0.25) is 0 Å². The summed E-state index contributed by atoms with van der Waals surface area (Å²) in [4.78, 5) is 0. The van der Waals surface area contributed by atoms with Gasteiger partial charge in [0.15, 0.2) is 5.82 Å². The van der Waals surface area contributed by atoms with Gasteiger partial charge in [-0.1, -0.05) is 121 Å². The summed E-state index contributed by atoms with van der Waals surface area (Å²) in [5.41, 5.74) is 9.44. The van der Waals surface area contributed by atoms with E-state index in [1.165, 1.54) is 6.07 Å². The zero-order valence-corrected chi connectivity index (χ0v) is 33.2. The van der Waals surface area contributed by atoms with E-state index in [1.54, 1.807) is 0 Å². The normalized spacial score (nSPS) is 11.9. The lowest BCUT2D eigenvalue weighted by atomic mass is 10.0. The Morgan fingerprint density at radius 1 is 0.381 bits per heavy atom. The average molecular weight is 809 g/mol. The molecule has 0 aliphatic heterocycles. The number of fused-ring (bicyclic) bond motifs is 14. The number of furan rings is 2. The number of hydrogen-bond acceptors (Lipinski definition) is 4. The Morgan fingerprint density at radius 2 is 0.794 bits per heavy atom. The first-order valence-corrected chi connectivity index (χ1v) is 20.6. The van der Waals surface area contributed by atoms with Gasteiger partial charge in [-0.15, -0.1) is 0 Å². The molecule has 63 heavy (non-hydrogen) atoms. The van der Waals surface area contributed by atoms with E-state index in [0.717, 1.165) is 76.5 Å². The summed E-state index contributed by atoms with van der Waals surface area (Å²) in [5.74, 6) is -0.715. The van der Waals surface area contributed by atoms with E-state index in [2.05, 4.69) is 24.3 Å². The molecular formula is C56H29FN4O2. The second-order valence-corrected chi connectivity index (χ2v) is 15.9. The molecule has 0 amide bonds. The number of nitrogens with zero attached hydrogens (tertiary/aromatic N) is 4. The number of hydrogen-bond donors (Lipinski definition) is 0. The van der Waals surface area contributed by atoms with E-state index in [0.29, 0.717) is 33.2 Å². The Bertz CT molecular complexity index is 3910. The van der Waals surface area contributed by atoms with Crippen molar-refractivity contribution in [1.82, 2.24) is 9.13 Å². The Balaban J connectivity index is 1.19. The number of nitriles is 2. The Morgan fingerprint density at radius 3 is 1.24 bits per heavy atom. The van der Waals surface area contributed by atoms with Crippen molar-refractivity contribution in [3.05, 3.63) is 193 Å². The van der Waals surface area contributed by atoms with Crippen LogP contribution in [0.25, 0.3) is 121 Å². The molecular weight excluding hydrogens is 780 g/mol. The molecule has 0 bridgehead atoms. The van der Waals surface area contributed by atoms with Gasteiger partial charge in [0.05, 0.1) is 44.0 Å². The third kappa shape index (κ3) is 4.85. The molecule has 0 atom stereocenters. The summed E-state index contributed by atoms with van der Waals surface area (Å²) >= 11 is 0. The first-order chi connectivity index (χ1) is 31.1. The zero-order valence-electron chi connectivity index (χ0n) is 33.2. The summed E-state index contributed by atoms with van der Waals surface area (Å²) < 4.78 is 35.7. The SMILES string of the molecule is N#Cc1cc(C#N)c(-n2c3cc(-c4ccccc4)ccc3c3c4oc5ccccc5c4ccc32)c(F)c1-n1c2cc(-c3ccccc3)ccc2c2c3oc4ccccc4c3ccc21. The molecule has 0 unspecified atom stereocenters. The van der Waals surface area contributed by atoms with Crippen LogP contribution in [0.2, 0.25) is 0 Å². The zero-order chi connectivity index (χ0) is 41.9. The van der Waals surface area contributed by atoms with Crippen molar-refractivity contribution in [3.63, 3.8) is 0 Å². The van der Waals surface area contributed by atoms with Crippen LogP contribution in [0.1, 0.15) is 11.1 Å². The summed E-state index contributed by atoms with van der Waals surface area (Å²) in [6, 6.07) is 62.3. The van der Waals surface area contributed by atoms with E-state index >= 15 is 4.39 Å². The smallest absolute Gasteiger partial charge is 0.173 e. The molecule has 0 fully saturated rings. The van der Waals surface area contributed by atoms with E-state index in [1.807, 2.05) is 167 Å². The van der Waals surface area contributed by atoms with Gasteiger partial charge in [0, 0.05) is 32.3 Å². The van der Waals surface area contributed by atoms with Gasteiger partial charge >= 0.3 is 0 Å². The van der Waals surface area contributed by atoms with Gasteiger partial charge < -0.3 is 18.0 Å². The second-order valence-electron chi connectivity index (χ2n) is 15.9. The molecule has 0 aliphatic carbocycles. The second kappa shape index (κ2) is 13.0. The maximum Gasteiger partial charge on any atom is 0.173 e. The van der Waals surface area contributed by atoms with Crippen molar-refractivity contribution < 1.29 is 13.2 Å². The van der Waals surface area contributed by atoms with Crippen LogP contribution in [-0.4, -0.2) is 9.13 Å². The lowest BCUT2D eigenvalue weighted by Gasteiger charge is -2.18. The van der Waals surface area contributed by atoms with Crippen LogP contribution >= 0.6 is 0 Å². The number of halogens is 1. The predicted molar refractivity (Wildman–Crippen MR) is 250 cm³/mol. The minimum atomic E-state index is -0.715. The molecule has 9 aromatic carbocycles. The van der Waals surface area contributed by atoms with Crippen LogP contribution in [0.4, 0.5) is 4.39 Å². The molecule has 0 aliphatic rings. The molecule has 13 rings (SSSR count). The summed E-state index contributed by atoms with van der Waals surface area (Å²) in [5, 5.41) is 29.0. The van der Waals surface area contributed by atoms with Crippen molar-refractivity contribution in [2.24, 2.45) is 0 Å². The summed E-state index contributed by atoms with van der Waals surface area (Å²) in [6.45, 7) is 0. The van der Waals surface area contributed by atoms with Crippen molar-refractivity contribution in [2.75, 3.05) is 0 Å². The highest BCUT2D eigenvalue weighted by Crippen LogP contribution is 2.46. The van der Waals surface area contributed by atoms with E-state index < -0.39 is 5.82 Å². The topological polar surface area (TPSA) is 83.7 Å². The maximum absolute atomic E-state index is 18.8. The largest absolute Gasteiger partial charge is 0.455 e. The number of benzene rings is 9. The van der Waals surface area contributed by atoms with Crippen LogP contribution in [0.3, 0.4) is 0 Å². The van der Waals surface area contributed by atoms with Crippen molar-refractivity contribution in [3.8, 4) is 45.8 Å². The first-order valence-electron chi connectivity index (χ1n) is 20.6. The third-order valence-electron chi connectivity index (χ3n) is 12.7. The summed E-state index contributed by atoms with van der Waals surface area (Å²) in [6.07, 6.45) is 0. The number of aromatic nitrogens is 2. The Kier molecular flexibility index (Phi) is 7.23. The highest BCUT2D eigenvalue weighted by Gasteiger charge is 2.29. The molecule has 6 nitrogen and oxygen atoms in total. The molecule has 0 saturated carbocycles. The van der Waals surface area contributed by atoms with Crippen LogP contribution < -0.4 is 0 Å². The molecule has 13 aromatic rings. The fourth-order valence-electron chi connectivity index (χ4n) is 9.91. The lowest BCUT2D eigenvalue weighted by molar-refractivity contribution is 0.613. The van der Waals surface area contributed by atoms with Gasteiger partial charge in [0.1, 0.15) is 45.8 Å². The van der Waals surface area contributed by atoms with Crippen LogP contribution in [0.15, 0.2) is 185 Å². The fraction of sp³-hybridized carbons (Fsp3) is 0. The Labute approximate surface area is 357 Å². The molecule has 0 saturated heterocycles. The van der Waals surface area contributed by atoms with E-state index in [4.69, 9.17) is 8.83 Å².